The molecule has 9 heteroatoms. The van der Waals surface area contributed by atoms with E-state index in [1.807, 2.05) is 17.8 Å². The van der Waals surface area contributed by atoms with Gasteiger partial charge in [0.05, 0.1) is 25.5 Å². The van der Waals surface area contributed by atoms with Crippen molar-refractivity contribution in [3.05, 3.63) is 39.2 Å². The Bertz CT molecular complexity index is 709. The number of imidazole rings is 1. The normalized spacial score (nSPS) is 10.4. The summed E-state index contributed by atoms with van der Waals surface area (Å²) < 4.78 is 7.71. The average Bonchev–Trinajstić information content (AvgIpc) is 2.88. The van der Waals surface area contributed by atoms with Crippen molar-refractivity contribution >= 4 is 27.6 Å². The Morgan fingerprint density at radius 2 is 2.29 bits per heavy atom. The molecule has 0 unspecified atom stereocenters. The highest BCUT2D eigenvalue weighted by Crippen LogP contribution is 2.16. The van der Waals surface area contributed by atoms with Crippen LogP contribution in [0.5, 0.6) is 0 Å². The van der Waals surface area contributed by atoms with E-state index in [9.17, 15) is 9.59 Å². The number of hydrogen-bond donors (Lipinski definition) is 1. The zero-order valence-corrected chi connectivity index (χ0v) is 13.1. The first-order valence-electron chi connectivity index (χ1n) is 6.05. The van der Waals surface area contributed by atoms with Gasteiger partial charge in [-0.15, -0.1) is 0 Å². The molecule has 0 amide bonds. The lowest BCUT2D eigenvalue weighted by atomic mass is 10.4. The van der Waals surface area contributed by atoms with Crippen LogP contribution in [0.4, 0.5) is 5.69 Å². The molecule has 0 spiro atoms. The van der Waals surface area contributed by atoms with Gasteiger partial charge in [0.25, 0.3) is 5.56 Å². The zero-order valence-electron chi connectivity index (χ0n) is 11.5. The minimum absolute atomic E-state index is 0.229. The summed E-state index contributed by atoms with van der Waals surface area (Å²) in [7, 11) is 3.14. The number of aryl methyl sites for hydroxylation is 1. The first-order valence-corrected chi connectivity index (χ1v) is 6.84. The van der Waals surface area contributed by atoms with Crippen molar-refractivity contribution in [3.8, 4) is 0 Å². The number of carbonyl (C=O) groups is 1. The Hall–Kier alpha value is -2.16. The number of methoxy groups -OCH3 is 1. The van der Waals surface area contributed by atoms with Crippen molar-refractivity contribution in [3.63, 3.8) is 0 Å². The van der Waals surface area contributed by atoms with Gasteiger partial charge < -0.3 is 14.6 Å². The van der Waals surface area contributed by atoms with Crippen LogP contribution in [-0.2, 0) is 29.7 Å². The average molecular weight is 356 g/mol. The first kappa shape index (κ1) is 15.2. The maximum atomic E-state index is 12.1. The van der Waals surface area contributed by atoms with Gasteiger partial charge in [-0.1, -0.05) is 0 Å². The number of rotatable bonds is 5. The summed E-state index contributed by atoms with van der Waals surface area (Å²) in [6, 6.07) is 0. The molecule has 0 aliphatic carbocycles. The van der Waals surface area contributed by atoms with E-state index in [1.165, 1.54) is 13.3 Å². The maximum Gasteiger partial charge on any atom is 0.327 e. The van der Waals surface area contributed by atoms with Gasteiger partial charge in [0, 0.05) is 19.4 Å². The number of nitrogens with one attached hydrogen (secondary N) is 1. The van der Waals surface area contributed by atoms with Gasteiger partial charge in [-0.05, 0) is 15.9 Å². The van der Waals surface area contributed by atoms with E-state index < -0.39 is 11.5 Å². The van der Waals surface area contributed by atoms with Gasteiger partial charge in [-0.3, -0.25) is 9.59 Å². The Morgan fingerprint density at radius 1 is 1.52 bits per heavy atom. The molecule has 2 rings (SSSR count). The molecule has 0 bridgehead atoms. The molecule has 1 N–H and O–H groups in total. The summed E-state index contributed by atoms with van der Waals surface area (Å²) in [6.45, 7) is 0.220. The van der Waals surface area contributed by atoms with Crippen LogP contribution >= 0.6 is 15.9 Å². The Morgan fingerprint density at radius 3 is 2.90 bits per heavy atom. The molecule has 0 aliphatic rings. The van der Waals surface area contributed by atoms with Crippen LogP contribution in [0.2, 0.25) is 0 Å². The van der Waals surface area contributed by atoms with E-state index in [-0.39, 0.29) is 6.54 Å². The number of anilines is 1. The van der Waals surface area contributed by atoms with Crippen LogP contribution in [0, 0.1) is 0 Å². The second kappa shape index (κ2) is 6.53. The minimum atomic E-state index is -0.537. The maximum absolute atomic E-state index is 12.1. The van der Waals surface area contributed by atoms with Crippen LogP contribution in [0.1, 0.15) is 5.82 Å². The summed E-state index contributed by atoms with van der Waals surface area (Å²) in [5, 5.41) is 7.00. The fourth-order valence-corrected chi connectivity index (χ4v) is 2.08. The fraction of sp³-hybridized carbons (Fsp3) is 0.333. The summed E-state index contributed by atoms with van der Waals surface area (Å²) in [6.07, 6.45) is 4.99. The zero-order chi connectivity index (χ0) is 15.4. The number of halogens is 1. The molecule has 21 heavy (non-hydrogen) atoms. The quantitative estimate of drug-likeness (QED) is 0.786. The summed E-state index contributed by atoms with van der Waals surface area (Å²) >= 11 is 3.21. The predicted octanol–water partition coefficient (Wildman–Crippen LogP) is 0.524. The molecular weight excluding hydrogens is 342 g/mol. The SMILES string of the molecule is COC(=O)Cn1ncc(NCc2nccn2C)c(Br)c1=O. The van der Waals surface area contributed by atoms with E-state index in [0.717, 1.165) is 10.5 Å². The highest BCUT2D eigenvalue weighted by molar-refractivity contribution is 9.10. The third kappa shape index (κ3) is 3.48. The molecule has 8 nitrogen and oxygen atoms in total. The minimum Gasteiger partial charge on any atom is -0.468 e. The van der Waals surface area contributed by atoms with Crippen molar-refractivity contribution < 1.29 is 9.53 Å². The van der Waals surface area contributed by atoms with E-state index in [2.05, 4.69) is 36.1 Å². The third-order valence-corrected chi connectivity index (χ3v) is 3.62. The molecule has 0 radical (unpaired) electrons. The van der Waals surface area contributed by atoms with E-state index in [4.69, 9.17) is 0 Å². The van der Waals surface area contributed by atoms with Crippen LogP contribution in [0.15, 0.2) is 27.9 Å². The highest BCUT2D eigenvalue weighted by atomic mass is 79.9. The van der Waals surface area contributed by atoms with Gasteiger partial charge >= 0.3 is 5.97 Å². The van der Waals surface area contributed by atoms with Crippen LogP contribution in [0.25, 0.3) is 0 Å². The van der Waals surface area contributed by atoms with Crippen LogP contribution < -0.4 is 10.9 Å². The number of aromatic nitrogens is 4. The van der Waals surface area contributed by atoms with Crippen molar-refractivity contribution in [1.82, 2.24) is 19.3 Å². The van der Waals surface area contributed by atoms with Crippen LogP contribution in [-0.4, -0.2) is 32.4 Å². The third-order valence-electron chi connectivity index (χ3n) is 2.85. The summed E-state index contributed by atoms with van der Waals surface area (Å²) in [5.74, 6) is 0.283. The summed E-state index contributed by atoms with van der Waals surface area (Å²) in [5.41, 5.74) is 0.120. The van der Waals surface area contributed by atoms with Gasteiger partial charge in [-0.2, -0.15) is 5.10 Å². The van der Waals surface area contributed by atoms with Gasteiger partial charge in [0.15, 0.2) is 0 Å². The number of esters is 1. The molecule has 0 aliphatic heterocycles. The second-order valence-electron chi connectivity index (χ2n) is 4.22. The van der Waals surface area contributed by atoms with Gasteiger partial charge in [-0.25, -0.2) is 9.67 Å². The molecule has 0 fully saturated rings. The number of nitrogens with zero attached hydrogens (tertiary/aromatic N) is 4. The molecular formula is C12H14BrN5O3. The van der Waals surface area contributed by atoms with E-state index >= 15 is 0 Å². The molecule has 2 heterocycles. The number of ether oxygens (including phenoxy) is 1. The molecule has 0 aromatic carbocycles. The van der Waals surface area contributed by atoms with Crippen molar-refractivity contribution in [2.45, 2.75) is 13.1 Å². The predicted molar refractivity (Wildman–Crippen MR) is 78.7 cm³/mol. The molecule has 2 aromatic heterocycles. The lowest BCUT2D eigenvalue weighted by Crippen LogP contribution is -2.28. The molecule has 0 saturated heterocycles. The van der Waals surface area contributed by atoms with Crippen molar-refractivity contribution in [1.29, 1.82) is 0 Å². The summed E-state index contributed by atoms with van der Waals surface area (Å²) in [4.78, 5) is 27.4. The standard InChI is InChI=1S/C12H14BrN5O3/c1-17-4-3-14-9(17)6-15-8-5-16-18(7-10(19)21-2)12(20)11(8)13/h3-5,15H,6-7H2,1-2H3. The lowest BCUT2D eigenvalue weighted by Gasteiger charge is -2.10. The van der Waals surface area contributed by atoms with Crippen LogP contribution in [0.3, 0.4) is 0 Å². The highest BCUT2D eigenvalue weighted by Gasteiger charge is 2.12. The fourth-order valence-electron chi connectivity index (χ4n) is 1.63. The Balaban J connectivity index is 2.15. The largest absolute Gasteiger partial charge is 0.468 e. The Kier molecular flexibility index (Phi) is 4.73. The second-order valence-corrected chi connectivity index (χ2v) is 5.01. The molecule has 2 aromatic rings. The Labute approximate surface area is 128 Å². The number of hydrogen-bond acceptors (Lipinski definition) is 6. The molecule has 0 atom stereocenters. The number of carbonyl (C=O) groups excluding carboxylic acids is 1. The van der Waals surface area contributed by atoms with E-state index in [0.29, 0.717) is 16.7 Å². The van der Waals surface area contributed by atoms with Gasteiger partial charge in [0.2, 0.25) is 0 Å². The van der Waals surface area contributed by atoms with Gasteiger partial charge in [0.1, 0.15) is 16.8 Å². The monoisotopic (exact) mass is 355 g/mol. The van der Waals surface area contributed by atoms with E-state index in [1.54, 1.807) is 6.20 Å². The molecule has 0 saturated carbocycles. The first-order chi connectivity index (χ1) is 10.0. The van der Waals surface area contributed by atoms with Crippen molar-refractivity contribution in [2.24, 2.45) is 7.05 Å². The molecule has 112 valence electrons. The smallest absolute Gasteiger partial charge is 0.327 e. The lowest BCUT2D eigenvalue weighted by molar-refractivity contribution is -0.141. The van der Waals surface area contributed by atoms with Crippen molar-refractivity contribution in [2.75, 3.05) is 12.4 Å². The topological polar surface area (TPSA) is 91.0 Å².